The zero-order valence-electron chi connectivity index (χ0n) is 10.8. The molecule has 6 nitrogen and oxygen atoms in total. The fourth-order valence-electron chi connectivity index (χ4n) is 1.65. The molecule has 1 rings (SSSR count). The minimum absolute atomic E-state index is 0.000557. The lowest BCUT2D eigenvalue weighted by Crippen LogP contribution is -2.43. The maximum Gasteiger partial charge on any atom is 0.354 e. The SMILES string of the molecule is CN(C)CC(C)(O)CNc1ccc(C(=O)O)nc1. The Morgan fingerprint density at radius 3 is 2.61 bits per heavy atom. The molecule has 0 radical (unpaired) electrons. The second kappa shape index (κ2) is 5.79. The zero-order chi connectivity index (χ0) is 13.8. The van der Waals surface area contributed by atoms with Crippen molar-refractivity contribution in [3.05, 3.63) is 24.0 Å². The number of rotatable bonds is 6. The van der Waals surface area contributed by atoms with Crippen molar-refractivity contribution in [3.63, 3.8) is 0 Å². The molecule has 0 amide bonds. The summed E-state index contributed by atoms with van der Waals surface area (Å²) in [7, 11) is 3.77. The third-order valence-corrected chi connectivity index (χ3v) is 2.31. The molecule has 0 fully saturated rings. The summed E-state index contributed by atoms with van der Waals surface area (Å²) in [5.74, 6) is -1.05. The first kappa shape index (κ1) is 14.4. The number of aliphatic hydroxyl groups is 1. The Labute approximate surface area is 106 Å². The molecule has 0 aliphatic carbocycles. The van der Waals surface area contributed by atoms with Gasteiger partial charge in [0, 0.05) is 13.1 Å². The topological polar surface area (TPSA) is 85.7 Å². The van der Waals surface area contributed by atoms with Crippen LogP contribution in [0.5, 0.6) is 0 Å². The van der Waals surface area contributed by atoms with Crippen molar-refractivity contribution in [2.24, 2.45) is 0 Å². The van der Waals surface area contributed by atoms with E-state index in [1.54, 1.807) is 13.0 Å². The van der Waals surface area contributed by atoms with Gasteiger partial charge < -0.3 is 20.4 Å². The van der Waals surface area contributed by atoms with Crippen molar-refractivity contribution in [2.75, 3.05) is 32.5 Å². The third-order valence-electron chi connectivity index (χ3n) is 2.31. The molecule has 18 heavy (non-hydrogen) atoms. The van der Waals surface area contributed by atoms with Gasteiger partial charge >= 0.3 is 5.97 Å². The van der Waals surface area contributed by atoms with Crippen molar-refractivity contribution >= 4 is 11.7 Å². The fraction of sp³-hybridized carbons (Fsp3) is 0.500. The van der Waals surface area contributed by atoms with Gasteiger partial charge in [-0.15, -0.1) is 0 Å². The minimum Gasteiger partial charge on any atom is -0.477 e. The molecule has 1 aromatic heterocycles. The molecule has 0 bridgehead atoms. The van der Waals surface area contributed by atoms with Crippen molar-refractivity contribution < 1.29 is 15.0 Å². The lowest BCUT2D eigenvalue weighted by atomic mass is 10.1. The Morgan fingerprint density at radius 2 is 2.17 bits per heavy atom. The van der Waals surface area contributed by atoms with Gasteiger partial charge in [-0.25, -0.2) is 9.78 Å². The van der Waals surface area contributed by atoms with Crippen LogP contribution >= 0.6 is 0 Å². The Hall–Kier alpha value is -1.66. The molecule has 6 heteroatoms. The Kier molecular flexibility index (Phi) is 4.63. The lowest BCUT2D eigenvalue weighted by molar-refractivity contribution is 0.0459. The molecular formula is C12H19N3O3. The number of hydrogen-bond acceptors (Lipinski definition) is 5. The second-order valence-corrected chi connectivity index (χ2v) is 4.83. The van der Waals surface area contributed by atoms with Crippen LogP contribution in [0.15, 0.2) is 18.3 Å². The van der Waals surface area contributed by atoms with E-state index in [0.29, 0.717) is 18.8 Å². The van der Waals surface area contributed by atoms with Crippen LogP contribution in [0.2, 0.25) is 0 Å². The number of hydrogen-bond donors (Lipinski definition) is 3. The number of anilines is 1. The number of carboxylic acids is 1. The molecule has 100 valence electrons. The van der Waals surface area contributed by atoms with Crippen molar-refractivity contribution in [1.29, 1.82) is 0 Å². The molecule has 1 aromatic rings. The summed E-state index contributed by atoms with van der Waals surface area (Å²) in [6, 6.07) is 3.05. The number of carboxylic acid groups (broad SMARTS) is 1. The minimum atomic E-state index is -1.05. The third kappa shape index (κ3) is 4.68. The van der Waals surface area contributed by atoms with Gasteiger partial charge in [-0.1, -0.05) is 0 Å². The van der Waals surface area contributed by atoms with Crippen molar-refractivity contribution in [3.8, 4) is 0 Å². The van der Waals surface area contributed by atoms with Gasteiger partial charge in [0.1, 0.15) is 5.69 Å². The van der Waals surface area contributed by atoms with Crippen LogP contribution in [0.25, 0.3) is 0 Å². The predicted molar refractivity (Wildman–Crippen MR) is 68.9 cm³/mol. The first-order chi connectivity index (χ1) is 8.30. The highest BCUT2D eigenvalue weighted by molar-refractivity contribution is 5.85. The number of nitrogens with one attached hydrogen (secondary N) is 1. The van der Waals surface area contributed by atoms with E-state index in [-0.39, 0.29) is 5.69 Å². The van der Waals surface area contributed by atoms with Gasteiger partial charge in [0.25, 0.3) is 0 Å². The van der Waals surface area contributed by atoms with Crippen LogP contribution in [0, 0.1) is 0 Å². The molecular weight excluding hydrogens is 234 g/mol. The van der Waals surface area contributed by atoms with Gasteiger partial charge in [-0.2, -0.15) is 0 Å². The van der Waals surface area contributed by atoms with Gasteiger partial charge in [-0.3, -0.25) is 0 Å². The number of carbonyl (C=O) groups is 1. The van der Waals surface area contributed by atoms with E-state index in [4.69, 9.17) is 5.11 Å². The Bertz CT molecular complexity index is 402. The van der Waals surface area contributed by atoms with E-state index in [2.05, 4.69) is 10.3 Å². The maximum absolute atomic E-state index is 10.6. The number of aromatic nitrogens is 1. The molecule has 0 aromatic carbocycles. The largest absolute Gasteiger partial charge is 0.477 e. The van der Waals surface area contributed by atoms with E-state index >= 15 is 0 Å². The van der Waals surface area contributed by atoms with E-state index < -0.39 is 11.6 Å². The summed E-state index contributed by atoms with van der Waals surface area (Å²) in [4.78, 5) is 16.3. The van der Waals surface area contributed by atoms with Gasteiger partial charge in [0.2, 0.25) is 0 Å². The molecule has 0 saturated heterocycles. The van der Waals surface area contributed by atoms with Crippen LogP contribution in [-0.4, -0.2) is 58.9 Å². The van der Waals surface area contributed by atoms with Crippen LogP contribution in [0.4, 0.5) is 5.69 Å². The van der Waals surface area contributed by atoms with E-state index in [0.717, 1.165) is 0 Å². The first-order valence-corrected chi connectivity index (χ1v) is 5.60. The van der Waals surface area contributed by atoms with Crippen LogP contribution in [-0.2, 0) is 0 Å². The number of pyridine rings is 1. The van der Waals surface area contributed by atoms with Gasteiger partial charge in [-0.05, 0) is 33.2 Å². The average Bonchev–Trinajstić information content (AvgIpc) is 2.25. The normalized spacial score (nSPS) is 14.3. The zero-order valence-corrected chi connectivity index (χ0v) is 10.8. The molecule has 3 N–H and O–H groups in total. The maximum atomic E-state index is 10.6. The lowest BCUT2D eigenvalue weighted by Gasteiger charge is -2.27. The average molecular weight is 253 g/mol. The smallest absolute Gasteiger partial charge is 0.354 e. The highest BCUT2D eigenvalue weighted by atomic mass is 16.4. The van der Waals surface area contributed by atoms with E-state index in [9.17, 15) is 9.90 Å². The predicted octanol–water partition coefficient (Wildman–Crippen LogP) is 0.504. The molecule has 0 aliphatic rings. The molecule has 0 spiro atoms. The summed E-state index contributed by atoms with van der Waals surface area (Å²) in [5.41, 5.74) is -0.186. The highest BCUT2D eigenvalue weighted by Crippen LogP contribution is 2.10. The van der Waals surface area contributed by atoms with Crippen molar-refractivity contribution in [1.82, 2.24) is 9.88 Å². The Morgan fingerprint density at radius 1 is 1.50 bits per heavy atom. The molecule has 1 heterocycles. The molecule has 1 unspecified atom stereocenters. The quantitative estimate of drug-likeness (QED) is 0.684. The summed E-state index contributed by atoms with van der Waals surface area (Å²) < 4.78 is 0. The van der Waals surface area contributed by atoms with E-state index in [1.807, 2.05) is 19.0 Å². The van der Waals surface area contributed by atoms with Crippen molar-refractivity contribution in [2.45, 2.75) is 12.5 Å². The first-order valence-electron chi connectivity index (χ1n) is 5.60. The second-order valence-electron chi connectivity index (χ2n) is 4.83. The fourth-order valence-corrected chi connectivity index (χ4v) is 1.65. The number of nitrogens with zero attached hydrogens (tertiary/aromatic N) is 2. The summed E-state index contributed by atoms with van der Waals surface area (Å²) in [6.07, 6.45) is 1.44. The molecule has 1 atom stereocenters. The Balaban J connectivity index is 2.55. The monoisotopic (exact) mass is 253 g/mol. The molecule has 0 aliphatic heterocycles. The summed E-state index contributed by atoms with van der Waals surface area (Å²) in [6.45, 7) is 2.62. The van der Waals surface area contributed by atoms with Gasteiger partial charge in [0.15, 0.2) is 0 Å². The summed E-state index contributed by atoms with van der Waals surface area (Å²) in [5, 5.41) is 21.8. The number of aromatic carboxylic acids is 1. The summed E-state index contributed by atoms with van der Waals surface area (Å²) >= 11 is 0. The molecule has 0 saturated carbocycles. The van der Waals surface area contributed by atoms with E-state index in [1.165, 1.54) is 12.3 Å². The van der Waals surface area contributed by atoms with Crippen LogP contribution < -0.4 is 5.32 Å². The standard InChI is InChI=1S/C12H19N3O3/c1-12(18,8-15(2)3)7-14-9-4-5-10(11(16)17)13-6-9/h4-6,14,18H,7-8H2,1-3H3,(H,16,17). The van der Waals surface area contributed by atoms with Gasteiger partial charge in [0.05, 0.1) is 17.5 Å². The number of likely N-dealkylation sites (N-methyl/N-ethyl adjacent to an activating group) is 1. The van der Waals surface area contributed by atoms with Crippen LogP contribution in [0.3, 0.4) is 0 Å². The highest BCUT2D eigenvalue weighted by Gasteiger charge is 2.20. The van der Waals surface area contributed by atoms with Crippen LogP contribution in [0.1, 0.15) is 17.4 Å².